The van der Waals surface area contributed by atoms with Crippen LogP contribution in [0.1, 0.15) is 21.9 Å². The minimum Gasteiger partial charge on any atom is -0.421 e. The highest BCUT2D eigenvalue weighted by Gasteiger charge is 2.28. The van der Waals surface area contributed by atoms with E-state index in [4.69, 9.17) is 9.40 Å². The molecular weight excluding hydrogens is 432 g/mol. The van der Waals surface area contributed by atoms with Crippen LogP contribution in [0.3, 0.4) is 0 Å². The van der Waals surface area contributed by atoms with Crippen molar-refractivity contribution in [1.29, 1.82) is 0 Å². The summed E-state index contributed by atoms with van der Waals surface area (Å²) in [7, 11) is 3.84. The molecule has 10 nitrogen and oxygen atoms in total. The minimum atomic E-state index is -0.155. The molecule has 0 aliphatic carbocycles. The van der Waals surface area contributed by atoms with Crippen LogP contribution in [0, 0.1) is 6.92 Å². The standard InChI is InChI=1S/C24H24N8O2/c1-16-28-29-22(34-16)17-7-6-9-19(13-17)32-12-11-30(2)21-20(23(32)33)14-26-24(27-21)31(3)15-18-8-4-5-10-25-18/h4-10,13-14H,11-12,15H2,1-3H3. The van der Waals surface area contributed by atoms with E-state index in [9.17, 15) is 4.79 Å². The number of amides is 1. The summed E-state index contributed by atoms with van der Waals surface area (Å²) in [5.74, 6) is 1.89. The largest absolute Gasteiger partial charge is 0.421 e. The molecule has 1 aromatic carbocycles. The number of fused-ring (bicyclic) bond motifs is 1. The molecule has 10 heteroatoms. The highest BCUT2D eigenvalue weighted by molar-refractivity contribution is 6.09. The highest BCUT2D eigenvalue weighted by atomic mass is 16.4. The lowest BCUT2D eigenvalue weighted by atomic mass is 10.1. The molecular formula is C24H24N8O2. The van der Waals surface area contributed by atoms with Gasteiger partial charge in [0.1, 0.15) is 11.4 Å². The first kappa shape index (κ1) is 21.5. The average molecular weight is 457 g/mol. The van der Waals surface area contributed by atoms with Crippen LogP contribution in [-0.2, 0) is 6.54 Å². The normalized spacial score (nSPS) is 13.6. The fourth-order valence-corrected chi connectivity index (χ4v) is 3.86. The first-order valence-electron chi connectivity index (χ1n) is 10.9. The fourth-order valence-electron chi connectivity index (χ4n) is 3.86. The number of rotatable bonds is 5. The number of anilines is 3. The molecule has 1 aliphatic heterocycles. The number of hydrogen-bond acceptors (Lipinski definition) is 9. The summed E-state index contributed by atoms with van der Waals surface area (Å²) < 4.78 is 5.55. The van der Waals surface area contributed by atoms with Crippen LogP contribution in [0.4, 0.5) is 17.5 Å². The van der Waals surface area contributed by atoms with Gasteiger partial charge < -0.3 is 19.1 Å². The fraction of sp³-hybridized carbons (Fsp3) is 0.250. The van der Waals surface area contributed by atoms with Crippen molar-refractivity contribution in [3.63, 3.8) is 0 Å². The lowest BCUT2D eigenvalue weighted by molar-refractivity contribution is 0.0989. The van der Waals surface area contributed by atoms with Gasteiger partial charge in [-0.25, -0.2) is 4.98 Å². The molecule has 3 aromatic heterocycles. The molecule has 0 fully saturated rings. The molecule has 1 aliphatic rings. The van der Waals surface area contributed by atoms with Gasteiger partial charge in [0, 0.05) is 57.8 Å². The summed E-state index contributed by atoms with van der Waals surface area (Å²) in [5.41, 5.74) is 2.87. The Morgan fingerprint density at radius 3 is 2.74 bits per heavy atom. The first-order chi connectivity index (χ1) is 16.5. The molecule has 0 N–H and O–H groups in total. The van der Waals surface area contributed by atoms with E-state index in [1.54, 1.807) is 24.2 Å². The Labute approximate surface area is 196 Å². The van der Waals surface area contributed by atoms with Gasteiger partial charge in [0.05, 0.1) is 12.2 Å². The second-order valence-corrected chi connectivity index (χ2v) is 8.14. The van der Waals surface area contributed by atoms with Gasteiger partial charge in [-0.15, -0.1) is 10.2 Å². The van der Waals surface area contributed by atoms with Crippen LogP contribution in [0.5, 0.6) is 0 Å². The third kappa shape index (κ3) is 4.17. The molecule has 0 bridgehead atoms. The molecule has 0 saturated heterocycles. The van der Waals surface area contributed by atoms with Crippen LogP contribution in [-0.4, -0.2) is 58.2 Å². The smallest absolute Gasteiger partial charge is 0.263 e. The Morgan fingerprint density at radius 1 is 1.09 bits per heavy atom. The minimum absolute atomic E-state index is 0.155. The summed E-state index contributed by atoms with van der Waals surface area (Å²) in [4.78, 5) is 32.8. The van der Waals surface area contributed by atoms with Crippen molar-refractivity contribution in [3.05, 3.63) is 72.0 Å². The monoisotopic (exact) mass is 456 g/mol. The lowest BCUT2D eigenvalue weighted by Crippen LogP contribution is -2.33. The lowest BCUT2D eigenvalue weighted by Gasteiger charge is -2.21. The van der Waals surface area contributed by atoms with Crippen LogP contribution in [0.15, 0.2) is 59.3 Å². The Bertz CT molecular complexity index is 1320. The van der Waals surface area contributed by atoms with Gasteiger partial charge in [0.15, 0.2) is 0 Å². The predicted octanol–water partition coefficient (Wildman–Crippen LogP) is 2.96. The van der Waals surface area contributed by atoms with Crippen molar-refractivity contribution in [1.82, 2.24) is 25.1 Å². The Kier molecular flexibility index (Phi) is 5.62. The summed E-state index contributed by atoms with van der Waals surface area (Å²) in [6.07, 6.45) is 3.37. The number of carbonyl (C=O) groups is 1. The molecule has 1 amide bonds. The summed E-state index contributed by atoms with van der Waals surface area (Å²) in [6.45, 7) is 3.42. The Hall–Kier alpha value is -4.34. The molecule has 172 valence electrons. The van der Waals surface area contributed by atoms with E-state index in [-0.39, 0.29) is 5.91 Å². The quantitative estimate of drug-likeness (QED) is 0.448. The molecule has 34 heavy (non-hydrogen) atoms. The maximum Gasteiger partial charge on any atom is 0.263 e. The highest BCUT2D eigenvalue weighted by Crippen LogP contribution is 2.29. The van der Waals surface area contributed by atoms with E-state index < -0.39 is 0 Å². The molecule has 4 aromatic rings. The van der Waals surface area contributed by atoms with Crippen molar-refractivity contribution in [2.24, 2.45) is 0 Å². The number of hydrogen-bond donors (Lipinski definition) is 0. The number of benzene rings is 1. The third-order valence-electron chi connectivity index (χ3n) is 5.65. The molecule has 5 rings (SSSR count). The van der Waals surface area contributed by atoms with Crippen molar-refractivity contribution in [2.75, 3.05) is 41.9 Å². The second kappa shape index (κ2) is 8.89. The Morgan fingerprint density at radius 2 is 1.97 bits per heavy atom. The zero-order valence-corrected chi connectivity index (χ0v) is 19.2. The number of pyridine rings is 1. The van der Waals surface area contributed by atoms with Crippen LogP contribution < -0.4 is 14.7 Å². The van der Waals surface area contributed by atoms with E-state index in [1.807, 2.05) is 66.4 Å². The molecule has 0 spiro atoms. The van der Waals surface area contributed by atoms with Gasteiger partial charge >= 0.3 is 0 Å². The second-order valence-electron chi connectivity index (χ2n) is 8.14. The predicted molar refractivity (Wildman–Crippen MR) is 128 cm³/mol. The van der Waals surface area contributed by atoms with E-state index in [0.717, 1.165) is 16.9 Å². The van der Waals surface area contributed by atoms with E-state index >= 15 is 0 Å². The van der Waals surface area contributed by atoms with Gasteiger partial charge in [-0.3, -0.25) is 9.78 Å². The third-order valence-corrected chi connectivity index (χ3v) is 5.65. The maximum atomic E-state index is 13.6. The zero-order chi connectivity index (χ0) is 23.7. The van der Waals surface area contributed by atoms with Gasteiger partial charge in [0.2, 0.25) is 17.7 Å². The molecule has 4 heterocycles. The van der Waals surface area contributed by atoms with Gasteiger partial charge in [-0.1, -0.05) is 12.1 Å². The number of aromatic nitrogens is 5. The number of carbonyl (C=O) groups excluding carboxylic acids is 1. The Balaban J connectivity index is 1.44. The zero-order valence-electron chi connectivity index (χ0n) is 19.2. The van der Waals surface area contributed by atoms with Crippen molar-refractivity contribution in [3.8, 4) is 11.5 Å². The van der Waals surface area contributed by atoms with Crippen LogP contribution in [0.2, 0.25) is 0 Å². The maximum absolute atomic E-state index is 13.6. The van der Waals surface area contributed by atoms with Crippen molar-refractivity contribution < 1.29 is 9.21 Å². The number of aryl methyl sites for hydroxylation is 1. The van der Waals surface area contributed by atoms with Gasteiger partial charge in [0.25, 0.3) is 5.91 Å². The van der Waals surface area contributed by atoms with E-state index in [2.05, 4.69) is 20.2 Å². The average Bonchev–Trinajstić information content (AvgIpc) is 3.25. The van der Waals surface area contributed by atoms with Crippen molar-refractivity contribution >= 4 is 23.4 Å². The summed E-state index contributed by atoms with van der Waals surface area (Å²) >= 11 is 0. The van der Waals surface area contributed by atoms with Crippen LogP contribution >= 0.6 is 0 Å². The van der Waals surface area contributed by atoms with Crippen molar-refractivity contribution in [2.45, 2.75) is 13.5 Å². The van der Waals surface area contributed by atoms with Gasteiger partial charge in [-0.2, -0.15) is 4.98 Å². The van der Waals surface area contributed by atoms with Crippen LogP contribution in [0.25, 0.3) is 11.5 Å². The van der Waals surface area contributed by atoms with Gasteiger partial charge in [-0.05, 0) is 30.3 Å². The van der Waals surface area contributed by atoms with E-state index in [1.165, 1.54) is 0 Å². The van der Waals surface area contributed by atoms with E-state index in [0.29, 0.717) is 48.7 Å². The summed E-state index contributed by atoms with van der Waals surface area (Å²) in [6, 6.07) is 13.3. The molecule has 0 saturated carbocycles. The molecule has 0 radical (unpaired) electrons. The first-order valence-corrected chi connectivity index (χ1v) is 10.9. The number of nitrogens with zero attached hydrogens (tertiary/aromatic N) is 8. The molecule has 0 unspecified atom stereocenters. The SMILES string of the molecule is Cc1nnc(-c2cccc(N3CCN(C)c4nc(N(C)Cc5ccccn5)ncc4C3=O)c2)o1. The summed E-state index contributed by atoms with van der Waals surface area (Å²) in [5, 5.41) is 7.98. The topological polar surface area (TPSA) is 104 Å². The molecule has 0 atom stereocenters. The number of likely N-dealkylation sites (N-methyl/N-ethyl adjacent to an activating group) is 1.